The molecule has 0 aromatic heterocycles. The Labute approximate surface area is 164 Å². The lowest BCUT2D eigenvalue weighted by Crippen LogP contribution is -2.00. The first-order valence-electron chi connectivity index (χ1n) is 8.95. The molecule has 0 aliphatic heterocycles. The molecule has 28 heavy (non-hydrogen) atoms. The van der Waals surface area contributed by atoms with Crippen molar-refractivity contribution < 1.29 is 9.47 Å². The molecule has 4 nitrogen and oxygen atoms in total. The van der Waals surface area contributed by atoms with Crippen molar-refractivity contribution in [2.45, 2.75) is 0 Å². The average molecular weight is 368 g/mol. The van der Waals surface area contributed by atoms with Crippen molar-refractivity contribution >= 4 is 11.4 Å². The molecule has 4 heteroatoms. The summed E-state index contributed by atoms with van der Waals surface area (Å²) < 4.78 is 11.7. The van der Waals surface area contributed by atoms with Crippen LogP contribution in [0.2, 0.25) is 0 Å². The molecule has 0 aliphatic carbocycles. The number of hydrogen-bond acceptors (Lipinski definition) is 4. The SMILES string of the molecule is Nc1c(Oc2ccccc2)ccc(-c2ccc(Oc3ccccc3)cc2)c1N. The van der Waals surface area contributed by atoms with E-state index in [-0.39, 0.29) is 0 Å². The highest BCUT2D eigenvalue weighted by molar-refractivity contribution is 5.87. The first kappa shape index (κ1) is 17.5. The van der Waals surface area contributed by atoms with Crippen LogP contribution in [0.25, 0.3) is 11.1 Å². The summed E-state index contributed by atoms with van der Waals surface area (Å²) in [5.41, 5.74) is 15.2. The second-order valence-corrected chi connectivity index (χ2v) is 6.29. The minimum absolute atomic E-state index is 0.422. The van der Waals surface area contributed by atoms with Crippen LogP contribution in [0, 0.1) is 0 Å². The van der Waals surface area contributed by atoms with Crippen LogP contribution in [0.5, 0.6) is 23.0 Å². The van der Waals surface area contributed by atoms with Gasteiger partial charge in [-0.25, -0.2) is 0 Å². The Hall–Kier alpha value is -3.92. The van der Waals surface area contributed by atoms with E-state index >= 15 is 0 Å². The summed E-state index contributed by atoms with van der Waals surface area (Å²) in [5.74, 6) is 2.80. The second-order valence-electron chi connectivity index (χ2n) is 6.29. The van der Waals surface area contributed by atoms with E-state index in [0.29, 0.717) is 22.9 Å². The highest BCUT2D eigenvalue weighted by Crippen LogP contribution is 2.39. The predicted octanol–water partition coefficient (Wildman–Crippen LogP) is 6.10. The van der Waals surface area contributed by atoms with Crippen molar-refractivity contribution in [2.75, 3.05) is 11.5 Å². The quantitative estimate of drug-likeness (QED) is 0.417. The van der Waals surface area contributed by atoms with Gasteiger partial charge in [0, 0.05) is 5.56 Å². The molecule has 0 heterocycles. The van der Waals surface area contributed by atoms with E-state index in [4.69, 9.17) is 20.9 Å². The molecular weight excluding hydrogens is 348 g/mol. The van der Waals surface area contributed by atoms with E-state index in [1.165, 1.54) is 0 Å². The van der Waals surface area contributed by atoms with Crippen molar-refractivity contribution in [3.05, 3.63) is 97.1 Å². The van der Waals surface area contributed by atoms with Crippen LogP contribution < -0.4 is 20.9 Å². The maximum absolute atomic E-state index is 6.29. The van der Waals surface area contributed by atoms with Crippen LogP contribution in [-0.4, -0.2) is 0 Å². The van der Waals surface area contributed by atoms with Gasteiger partial charge in [-0.2, -0.15) is 0 Å². The van der Waals surface area contributed by atoms with Gasteiger partial charge in [0.05, 0.1) is 11.4 Å². The lowest BCUT2D eigenvalue weighted by molar-refractivity contribution is 0.482. The number of hydrogen-bond donors (Lipinski definition) is 2. The van der Waals surface area contributed by atoms with Gasteiger partial charge in [-0.05, 0) is 54.1 Å². The molecule has 0 amide bonds. The van der Waals surface area contributed by atoms with Crippen molar-refractivity contribution in [3.8, 4) is 34.1 Å². The Morgan fingerprint density at radius 1 is 0.464 bits per heavy atom. The first-order valence-corrected chi connectivity index (χ1v) is 8.95. The van der Waals surface area contributed by atoms with Crippen LogP contribution in [0.1, 0.15) is 0 Å². The fourth-order valence-corrected chi connectivity index (χ4v) is 2.90. The third-order valence-electron chi connectivity index (χ3n) is 4.36. The van der Waals surface area contributed by atoms with Gasteiger partial charge in [-0.15, -0.1) is 0 Å². The zero-order valence-corrected chi connectivity index (χ0v) is 15.2. The van der Waals surface area contributed by atoms with Crippen LogP contribution >= 0.6 is 0 Å². The number of nitrogen functional groups attached to an aromatic ring is 2. The number of para-hydroxylation sites is 2. The molecule has 0 saturated heterocycles. The smallest absolute Gasteiger partial charge is 0.152 e. The first-order chi connectivity index (χ1) is 13.7. The van der Waals surface area contributed by atoms with Gasteiger partial charge in [-0.3, -0.25) is 0 Å². The Bertz CT molecular complexity index is 1060. The van der Waals surface area contributed by atoms with Gasteiger partial charge >= 0.3 is 0 Å². The van der Waals surface area contributed by atoms with E-state index < -0.39 is 0 Å². The summed E-state index contributed by atoms with van der Waals surface area (Å²) in [6, 6.07) is 30.6. The van der Waals surface area contributed by atoms with Crippen molar-refractivity contribution in [3.63, 3.8) is 0 Å². The molecule has 4 rings (SSSR count). The summed E-state index contributed by atoms with van der Waals surface area (Å²) in [7, 11) is 0. The zero-order chi connectivity index (χ0) is 19.3. The molecule has 0 bridgehead atoms. The Kier molecular flexibility index (Phi) is 4.85. The Morgan fingerprint density at radius 2 is 1.00 bits per heavy atom. The summed E-state index contributed by atoms with van der Waals surface area (Å²) in [5, 5.41) is 0. The average Bonchev–Trinajstić information content (AvgIpc) is 2.74. The number of rotatable bonds is 5. The number of ether oxygens (including phenoxy) is 2. The van der Waals surface area contributed by atoms with Crippen molar-refractivity contribution in [1.82, 2.24) is 0 Å². The molecule has 0 radical (unpaired) electrons. The van der Waals surface area contributed by atoms with Crippen LogP contribution in [0.15, 0.2) is 97.1 Å². The molecule has 0 spiro atoms. The highest BCUT2D eigenvalue weighted by atomic mass is 16.5. The van der Waals surface area contributed by atoms with Crippen LogP contribution in [-0.2, 0) is 0 Å². The standard InChI is InChI=1S/C24H20N2O2/c25-23-21(15-16-22(24(23)26)28-19-9-5-2-6-10-19)17-11-13-20(14-12-17)27-18-7-3-1-4-8-18/h1-16H,25-26H2. The zero-order valence-electron chi connectivity index (χ0n) is 15.2. The fourth-order valence-electron chi connectivity index (χ4n) is 2.90. The van der Waals surface area contributed by atoms with Crippen molar-refractivity contribution in [2.24, 2.45) is 0 Å². The normalized spacial score (nSPS) is 10.4. The maximum Gasteiger partial charge on any atom is 0.152 e. The molecule has 138 valence electrons. The number of anilines is 2. The molecule has 0 aliphatic rings. The third-order valence-corrected chi connectivity index (χ3v) is 4.36. The molecule has 4 N–H and O–H groups in total. The van der Waals surface area contributed by atoms with Crippen LogP contribution in [0.4, 0.5) is 11.4 Å². The minimum Gasteiger partial charge on any atom is -0.457 e. The summed E-state index contributed by atoms with van der Waals surface area (Å²) >= 11 is 0. The molecule has 4 aromatic rings. The lowest BCUT2D eigenvalue weighted by Gasteiger charge is -2.14. The van der Waals surface area contributed by atoms with E-state index in [9.17, 15) is 0 Å². The van der Waals surface area contributed by atoms with Gasteiger partial charge in [-0.1, -0.05) is 48.5 Å². The largest absolute Gasteiger partial charge is 0.457 e. The van der Waals surface area contributed by atoms with E-state index in [1.54, 1.807) is 0 Å². The number of nitrogens with two attached hydrogens (primary N) is 2. The third kappa shape index (κ3) is 3.76. The van der Waals surface area contributed by atoms with Gasteiger partial charge in [0.1, 0.15) is 17.2 Å². The monoisotopic (exact) mass is 368 g/mol. The maximum atomic E-state index is 6.29. The molecule has 0 fully saturated rings. The van der Waals surface area contributed by atoms with Gasteiger partial charge < -0.3 is 20.9 Å². The molecule has 4 aromatic carbocycles. The van der Waals surface area contributed by atoms with Crippen LogP contribution in [0.3, 0.4) is 0 Å². The summed E-state index contributed by atoms with van der Waals surface area (Å²) in [6.07, 6.45) is 0. The fraction of sp³-hybridized carbons (Fsp3) is 0. The molecule has 0 saturated carbocycles. The summed E-state index contributed by atoms with van der Waals surface area (Å²) in [4.78, 5) is 0. The number of benzene rings is 4. The molecule has 0 atom stereocenters. The van der Waals surface area contributed by atoms with E-state index in [1.807, 2.05) is 97.1 Å². The van der Waals surface area contributed by atoms with Gasteiger partial charge in [0.15, 0.2) is 5.75 Å². The Balaban J connectivity index is 1.56. The predicted molar refractivity (Wildman–Crippen MR) is 114 cm³/mol. The second kappa shape index (κ2) is 7.76. The topological polar surface area (TPSA) is 70.5 Å². The van der Waals surface area contributed by atoms with Gasteiger partial charge in [0.2, 0.25) is 0 Å². The van der Waals surface area contributed by atoms with Crippen molar-refractivity contribution in [1.29, 1.82) is 0 Å². The Morgan fingerprint density at radius 3 is 1.61 bits per heavy atom. The molecule has 0 unspecified atom stereocenters. The lowest BCUT2D eigenvalue weighted by atomic mass is 10.0. The molecular formula is C24H20N2O2. The van der Waals surface area contributed by atoms with E-state index in [2.05, 4.69) is 0 Å². The summed E-state index contributed by atoms with van der Waals surface area (Å²) in [6.45, 7) is 0. The highest BCUT2D eigenvalue weighted by Gasteiger charge is 2.12. The van der Waals surface area contributed by atoms with E-state index in [0.717, 1.165) is 22.6 Å². The van der Waals surface area contributed by atoms with Gasteiger partial charge in [0.25, 0.3) is 0 Å². The minimum atomic E-state index is 0.422.